The molecule has 0 aliphatic heterocycles. The van der Waals surface area contributed by atoms with Gasteiger partial charge >= 0.3 is 0 Å². The summed E-state index contributed by atoms with van der Waals surface area (Å²) in [4.78, 5) is 17.6. The standard InChI is InChI=1S/C15H20N4O2S/c1-19(2)14(20)10-11-4-6-12(7-5-11)16-15-17-13(18-22-15)8-9-21-3/h4-7H,8-10H2,1-3H3,(H,16,17,18). The van der Waals surface area contributed by atoms with E-state index in [1.54, 1.807) is 26.1 Å². The van der Waals surface area contributed by atoms with Gasteiger partial charge in [-0.2, -0.15) is 4.37 Å². The molecule has 2 rings (SSSR count). The fourth-order valence-corrected chi connectivity index (χ4v) is 2.40. The molecule has 1 amide bonds. The minimum absolute atomic E-state index is 0.0904. The van der Waals surface area contributed by atoms with Crippen LogP contribution in [0.5, 0.6) is 0 Å². The van der Waals surface area contributed by atoms with Crippen LogP contribution in [0, 0.1) is 0 Å². The Kier molecular flexibility index (Phi) is 5.85. The first-order valence-electron chi connectivity index (χ1n) is 6.96. The molecule has 0 bridgehead atoms. The van der Waals surface area contributed by atoms with Crippen molar-refractivity contribution in [2.75, 3.05) is 33.1 Å². The van der Waals surface area contributed by atoms with Crippen LogP contribution in [0.3, 0.4) is 0 Å². The highest BCUT2D eigenvalue weighted by Crippen LogP contribution is 2.19. The zero-order valence-corrected chi connectivity index (χ0v) is 13.8. The largest absolute Gasteiger partial charge is 0.384 e. The Hall–Kier alpha value is -1.99. The van der Waals surface area contributed by atoms with Crippen molar-refractivity contribution in [2.45, 2.75) is 12.8 Å². The number of anilines is 2. The molecule has 1 heterocycles. The Labute approximate surface area is 134 Å². The van der Waals surface area contributed by atoms with Gasteiger partial charge in [-0.15, -0.1) is 0 Å². The Morgan fingerprint density at radius 3 is 2.68 bits per heavy atom. The quantitative estimate of drug-likeness (QED) is 0.846. The number of amides is 1. The summed E-state index contributed by atoms with van der Waals surface area (Å²) < 4.78 is 9.27. The second-order valence-electron chi connectivity index (χ2n) is 5.05. The lowest BCUT2D eigenvalue weighted by Gasteiger charge is -2.10. The van der Waals surface area contributed by atoms with Gasteiger partial charge in [0.1, 0.15) is 5.82 Å². The third-order valence-electron chi connectivity index (χ3n) is 3.06. The summed E-state index contributed by atoms with van der Waals surface area (Å²) in [6.45, 7) is 0.616. The van der Waals surface area contributed by atoms with E-state index in [-0.39, 0.29) is 5.91 Å². The molecule has 22 heavy (non-hydrogen) atoms. The molecule has 1 N–H and O–H groups in total. The van der Waals surface area contributed by atoms with Gasteiger partial charge < -0.3 is 15.0 Å². The molecule has 0 fully saturated rings. The third kappa shape index (κ3) is 4.78. The Balaban J connectivity index is 1.93. The summed E-state index contributed by atoms with van der Waals surface area (Å²) in [7, 11) is 5.18. The number of methoxy groups -OCH3 is 1. The summed E-state index contributed by atoms with van der Waals surface area (Å²) >= 11 is 1.33. The van der Waals surface area contributed by atoms with Crippen molar-refractivity contribution in [1.82, 2.24) is 14.3 Å². The van der Waals surface area contributed by atoms with Gasteiger partial charge in [-0.3, -0.25) is 4.79 Å². The maximum Gasteiger partial charge on any atom is 0.226 e. The maximum absolute atomic E-state index is 11.7. The van der Waals surface area contributed by atoms with Crippen LogP contribution in [0.1, 0.15) is 11.4 Å². The van der Waals surface area contributed by atoms with Crippen molar-refractivity contribution in [2.24, 2.45) is 0 Å². The lowest BCUT2D eigenvalue weighted by Crippen LogP contribution is -2.23. The lowest BCUT2D eigenvalue weighted by atomic mass is 10.1. The molecular formula is C15H20N4O2S. The second kappa shape index (κ2) is 7.86. The van der Waals surface area contributed by atoms with Gasteiger partial charge in [0, 0.05) is 44.8 Å². The molecule has 0 radical (unpaired) electrons. The van der Waals surface area contributed by atoms with Crippen LogP contribution in [-0.2, 0) is 22.4 Å². The zero-order chi connectivity index (χ0) is 15.9. The van der Waals surface area contributed by atoms with Crippen LogP contribution < -0.4 is 5.32 Å². The molecule has 2 aromatic rings. The van der Waals surface area contributed by atoms with Crippen LogP contribution in [-0.4, -0.2) is 48.0 Å². The van der Waals surface area contributed by atoms with E-state index in [2.05, 4.69) is 14.7 Å². The summed E-state index contributed by atoms with van der Waals surface area (Å²) in [5.41, 5.74) is 1.91. The number of carbonyl (C=O) groups is 1. The van der Waals surface area contributed by atoms with E-state index in [4.69, 9.17) is 4.74 Å². The summed E-state index contributed by atoms with van der Waals surface area (Å²) in [6, 6.07) is 7.76. The van der Waals surface area contributed by atoms with Crippen molar-refractivity contribution < 1.29 is 9.53 Å². The molecule has 118 valence electrons. The third-order valence-corrected chi connectivity index (χ3v) is 3.73. The number of aromatic nitrogens is 2. The number of rotatable bonds is 7. The Morgan fingerprint density at radius 1 is 1.32 bits per heavy atom. The molecule has 1 aromatic heterocycles. The van der Waals surface area contributed by atoms with Crippen molar-refractivity contribution in [3.05, 3.63) is 35.7 Å². The average Bonchev–Trinajstić information content (AvgIpc) is 2.94. The van der Waals surface area contributed by atoms with E-state index >= 15 is 0 Å². The van der Waals surface area contributed by atoms with Crippen LogP contribution in [0.2, 0.25) is 0 Å². The van der Waals surface area contributed by atoms with Gasteiger partial charge in [0.2, 0.25) is 11.0 Å². The van der Waals surface area contributed by atoms with E-state index in [0.29, 0.717) is 19.4 Å². The number of hydrogen-bond donors (Lipinski definition) is 1. The molecule has 0 unspecified atom stereocenters. The molecule has 0 spiro atoms. The van der Waals surface area contributed by atoms with Crippen molar-refractivity contribution in [1.29, 1.82) is 0 Å². The molecule has 7 heteroatoms. The van der Waals surface area contributed by atoms with Crippen LogP contribution >= 0.6 is 11.5 Å². The zero-order valence-electron chi connectivity index (χ0n) is 13.0. The van der Waals surface area contributed by atoms with Gasteiger partial charge in [0.25, 0.3) is 0 Å². The summed E-state index contributed by atoms with van der Waals surface area (Å²) in [6.07, 6.45) is 1.12. The molecule has 0 saturated heterocycles. The minimum Gasteiger partial charge on any atom is -0.384 e. The topological polar surface area (TPSA) is 67.3 Å². The van der Waals surface area contributed by atoms with E-state index in [1.165, 1.54) is 11.5 Å². The second-order valence-corrected chi connectivity index (χ2v) is 5.80. The highest BCUT2D eigenvalue weighted by molar-refractivity contribution is 7.09. The number of nitrogens with one attached hydrogen (secondary N) is 1. The predicted molar refractivity (Wildman–Crippen MR) is 87.6 cm³/mol. The average molecular weight is 320 g/mol. The van der Waals surface area contributed by atoms with Crippen molar-refractivity contribution in [3.63, 3.8) is 0 Å². The molecular weight excluding hydrogens is 300 g/mol. The number of nitrogens with zero attached hydrogens (tertiary/aromatic N) is 3. The number of benzene rings is 1. The van der Waals surface area contributed by atoms with E-state index < -0.39 is 0 Å². The van der Waals surface area contributed by atoms with E-state index in [0.717, 1.165) is 22.2 Å². The minimum atomic E-state index is 0.0904. The number of hydrogen-bond acceptors (Lipinski definition) is 6. The number of carbonyl (C=O) groups excluding carboxylic acids is 1. The van der Waals surface area contributed by atoms with Crippen LogP contribution in [0.25, 0.3) is 0 Å². The van der Waals surface area contributed by atoms with Crippen molar-refractivity contribution >= 4 is 28.3 Å². The summed E-state index contributed by atoms with van der Waals surface area (Å²) in [5.74, 6) is 0.871. The molecule has 0 aliphatic carbocycles. The predicted octanol–water partition coefficient (Wildman–Crippen LogP) is 2.10. The number of likely N-dealkylation sites (N-methyl/N-ethyl adjacent to an activating group) is 1. The van der Waals surface area contributed by atoms with E-state index in [9.17, 15) is 4.79 Å². The normalized spacial score (nSPS) is 10.5. The van der Waals surface area contributed by atoms with Crippen molar-refractivity contribution in [3.8, 4) is 0 Å². The SMILES string of the molecule is COCCc1nsc(Nc2ccc(CC(=O)N(C)C)cc2)n1. The first kappa shape index (κ1) is 16.4. The van der Waals surface area contributed by atoms with Gasteiger partial charge in [0.05, 0.1) is 13.0 Å². The lowest BCUT2D eigenvalue weighted by molar-refractivity contribution is -0.127. The first-order valence-corrected chi connectivity index (χ1v) is 7.73. The van der Waals surface area contributed by atoms with Gasteiger partial charge in [-0.1, -0.05) is 12.1 Å². The Morgan fingerprint density at radius 2 is 2.05 bits per heavy atom. The van der Waals surface area contributed by atoms with Gasteiger partial charge in [-0.25, -0.2) is 4.98 Å². The molecule has 0 atom stereocenters. The number of ether oxygens (including phenoxy) is 1. The molecule has 0 saturated carbocycles. The summed E-state index contributed by atoms with van der Waals surface area (Å²) in [5, 5.41) is 3.97. The smallest absolute Gasteiger partial charge is 0.226 e. The van der Waals surface area contributed by atoms with Gasteiger partial charge in [0.15, 0.2) is 0 Å². The molecule has 6 nitrogen and oxygen atoms in total. The highest BCUT2D eigenvalue weighted by Gasteiger charge is 2.07. The van der Waals surface area contributed by atoms with Gasteiger partial charge in [-0.05, 0) is 17.7 Å². The van der Waals surface area contributed by atoms with E-state index in [1.807, 2.05) is 24.3 Å². The first-order chi connectivity index (χ1) is 10.6. The van der Waals surface area contributed by atoms with Crippen LogP contribution in [0.15, 0.2) is 24.3 Å². The molecule has 1 aromatic carbocycles. The fraction of sp³-hybridized carbons (Fsp3) is 0.400. The molecule has 0 aliphatic rings. The maximum atomic E-state index is 11.7. The monoisotopic (exact) mass is 320 g/mol. The van der Waals surface area contributed by atoms with Crippen LogP contribution in [0.4, 0.5) is 10.8 Å². The highest BCUT2D eigenvalue weighted by atomic mass is 32.1. The Bertz CT molecular complexity index is 610. The fourth-order valence-electron chi connectivity index (χ4n) is 1.76.